The van der Waals surface area contributed by atoms with Crippen molar-refractivity contribution >= 4 is 15.9 Å². The van der Waals surface area contributed by atoms with Crippen LogP contribution in [-0.4, -0.2) is 23.4 Å². The number of aromatic hydroxyl groups is 1. The third-order valence-corrected chi connectivity index (χ3v) is 2.78. The molecule has 0 radical (unpaired) electrons. The number of benzene rings is 1. The summed E-state index contributed by atoms with van der Waals surface area (Å²) in [6.45, 7) is 3.71. The van der Waals surface area contributed by atoms with Crippen LogP contribution < -0.4 is 5.32 Å². The van der Waals surface area contributed by atoms with E-state index in [-0.39, 0.29) is 18.3 Å². The van der Waals surface area contributed by atoms with E-state index in [1.807, 2.05) is 19.1 Å². The molecule has 3 N–H and O–H groups in total. The highest BCUT2D eigenvalue weighted by atomic mass is 79.9. The smallest absolute Gasteiger partial charge is 0.129 e. The number of nitrogens with one attached hydrogen (secondary N) is 1. The van der Waals surface area contributed by atoms with Gasteiger partial charge in [0, 0.05) is 19.7 Å². The maximum absolute atomic E-state index is 9.30. The largest absolute Gasteiger partial charge is 0.507 e. The molecule has 15 heavy (non-hydrogen) atoms. The van der Waals surface area contributed by atoms with E-state index >= 15 is 0 Å². The van der Waals surface area contributed by atoms with Crippen molar-refractivity contribution in [2.45, 2.75) is 13.5 Å². The fraction of sp³-hybridized carbons (Fsp3) is 0.455. The Balaban J connectivity index is 2.41. The quantitative estimate of drug-likeness (QED) is 0.768. The van der Waals surface area contributed by atoms with E-state index < -0.39 is 0 Å². The zero-order chi connectivity index (χ0) is 11.3. The number of halogens is 1. The molecule has 1 aromatic carbocycles. The van der Waals surface area contributed by atoms with Gasteiger partial charge < -0.3 is 15.5 Å². The Kier molecular flexibility index (Phi) is 5.08. The van der Waals surface area contributed by atoms with E-state index in [4.69, 9.17) is 5.11 Å². The van der Waals surface area contributed by atoms with E-state index in [0.717, 1.165) is 18.7 Å². The number of rotatable bonds is 5. The molecule has 1 rings (SSSR count). The maximum Gasteiger partial charge on any atom is 0.129 e. The summed E-state index contributed by atoms with van der Waals surface area (Å²) in [6, 6.07) is 5.42. The molecule has 84 valence electrons. The molecule has 1 unspecified atom stereocenters. The molecule has 0 saturated carbocycles. The zero-order valence-corrected chi connectivity index (χ0v) is 10.3. The van der Waals surface area contributed by atoms with Gasteiger partial charge in [0.1, 0.15) is 5.75 Å². The molecule has 0 aliphatic carbocycles. The Hall–Kier alpha value is -0.580. The van der Waals surface area contributed by atoms with Crippen LogP contribution in [0.3, 0.4) is 0 Å². The van der Waals surface area contributed by atoms with Crippen LogP contribution in [0.1, 0.15) is 12.5 Å². The lowest BCUT2D eigenvalue weighted by Gasteiger charge is -2.09. The minimum atomic E-state index is 0.201. The van der Waals surface area contributed by atoms with Crippen LogP contribution in [0.5, 0.6) is 5.75 Å². The molecule has 3 nitrogen and oxygen atoms in total. The van der Waals surface area contributed by atoms with Crippen LogP contribution in [0.15, 0.2) is 22.7 Å². The van der Waals surface area contributed by atoms with Gasteiger partial charge in [-0.15, -0.1) is 0 Å². The van der Waals surface area contributed by atoms with Crippen LogP contribution >= 0.6 is 15.9 Å². The summed E-state index contributed by atoms with van der Waals surface area (Å²) in [6.07, 6.45) is 0. The third kappa shape index (κ3) is 4.20. The fourth-order valence-electron chi connectivity index (χ4n) is 1.19. The van der Waals surface area contributed by atoms with Crippen molar-refractivity contribution in [1.29, 1.82) is 0 Å². The van der Waals surface area contributed by atoms with E-state index in [1.54, 1.807) is 6.07 Å². The van der Waals surface area contributed by atoms with E-state index in [0.29, 0.717) is 4.47 Å². The summed E-state index contributed by atoms with van der Waals surface area (Å²) >= 11 is 3.26. The topological polar surface area (TPSA) is 52.5 Å². The van der Waals surface area contributed by atoms with E-state index in [1.165, 1.54) is 0 Å². The van der Waals surface area contributed by atoms with Gasteiger partial charge >= 0.3 is 0 Å². The van der Waals surface area contributed by atoms with Gasteiger partial charge in [-0.25, -0.2) is 0 Å². The lowest BCUT2D eigenvalue weighted by atomic mass is 10.2. The second-order valence-electron chi connectivity index (χ2n) is 3.70. The SMILES string of the molecule is CC(CO)CNCc1ccc(O)c(Br)c1. The lowest BCUT2D eigenvalue weighted by molar-refractivity contribution is 0.233. The highest BCUT2D eigenvalue weighted by molar-refractivity contribution is 9.10. The van der Waals surface area contributed by atoms with Crippen LogP contribution in [0.2, 0.25) is 0 Å². The van der Waals surface area contributed by atoms with Gasteiger partial charge in [-0.3, -0.25) is 0 Å². The summed E-state index contributed by atoms with van der Waals surface area (Å²) in [4.78, 5) is 0. The van der Waals surface area contributed by atoms with E-state index in [2.05, 4.69) is 21.2 Å². The molecule has 0 bridgehead atoms. The Morgan fingerprint density at radius 3 is 2.80 bits per heavy atom. The van der Waals surface area contributed by atoms with Crippen LogP contribution in [-0.2, 0) is 6.54 Å². The minimum absolute atomic E-state index is 0.201. The van der Waals surface area contributed by atoms with Gasteiger partial charge in [0.15, 0.2) is 0 Å². The molecule has 0 amide bonds. The molecule has 4 heteroatoms. The molecule has 1 atom stereocenters. The van der Waals surface area contributed by atoms with Crippen molar-refractivity contribution in [2.24, 2.45) is 5.92 Å². The minimum Gasteiger partial charge on any atom is -0.507 e. The Morgan fingerprint density at radius 2 is 2.20 bits per heavy atom. The van der Waals surface area contributed by atoms with Crippen LogP contribution in [0, 0.1) is 5.92 Å². The van der Waals surface area contributed by atoms with Crippen molar-refractivity contribution in [1.82, 2.24) is 5.32 Å². The number of phenolic OH excluding ortho intramolecular Hbond substituents is 1. The van der Waals surface area contributed by atoms with Crippen LogP contribution in [0.4, 0.5) is 0 Å². The molecular weight excluding hydrogens is 258 g/mol. The first-order valence-electron chi connectivity index (χ1n) is 4.92. The third-order valence-electron chi connectivity index (χ3n) is 2.15. The van der Waals surface area contributed by atoms with Gasteiger partial charge in [-0.05, 0) is 39.5 Å². The number of aliphatic hydroxyl groups is 1. The highest BCUT2D eigenvalue weighted by Crippen LogP contribution is 2.24. The standard InChI is InChI=1S/C11H16BrNO2/c1-8(7-14)5-13-6-9-2-3-11(15)10(12)4-9/h2-4,8,13-15H,5-7H2,1H3. The average molecular weight is 274 g/mol. The first-order chi connectivity index (χ1) is 7.13. The number of aliphatic hydroxyl groups excluding tert-OH is 1. The zero-order valence-electron chi connectivity index (χ0n) is 8.70. The molecule has 0 saturated heterocycles. The van der Waals surface area contributed by atoms with Crippen molar-refractivity contribution in [2.75, 3.05) is 13.2 Å². The first kappa shape index (κ1) is 12.5. The normalized spacial score (nSPS) is 12.7. The molecule has 0 aromatic heterocycles. The Labute approximate surface area is 98.3 Å². The van der Waals surface area contributed by atoms with Crippen LogP contribution in [0.25, 0.3) is 0 Å². The predicted octanol–water partition coefficient (Wildman–Crippen LogP) is 1.87. The molecular formula is C11H16BrNO2. The van der Waals surface area contributed by atoms with Crippen molar-refractivity contribution in [3.8, 4) is 5.75 Å². The van der Waals surface area contributed by atoms with Gasteiger partial charge in [-0.2, -0.15) is 0 Å². The fourth-order valence-corrected chi connectivity index (χ4v) is 1.61. The van der Waals surface area contributed by atoms with Gasteiger partial charge in [0.2, 0.25) is 0 Å². The summed E-state index contributed by atoms with van der Waals surface area (Å²) in [7, 11) is 0. The van der Waals surface area contributed by atoms with Crippen molar-refractivity contribution in [3.63, 3.8) is 0 Å². The molecule has 0 aliphatic rings. The summed E-state index contributed by atoms with van der Waals surface area (Å²) in [5.41, 5.74) is 1.10. The predicted molar refractivity (Wildman–Crippen MR) is 63.8 cm³/mol. The van der Waals surface area contributed by atoms with Crippen molar-refractivity contribution in [3.05, 3.63) is 28.2 Å². The van der Waals surface area contributed by atoms with Gasteiger partial charge in [0.25, 0.3) is 0 Å². The molecule has 0 spiro atoms. The highest BCUT2D eigenvalue weighted by Gasteiger charge is 2.01. The molecule has 0 heterocycles. The van der Waals surface area contributed by atoms with Crippen molar-refractivity contribution < 1.29 is 10.2 Å². The number of phenols is 1. The second-order valence-corrected chi connectivity index (χ2v) is 4.56. The van der Waals surface area contributed by atoms with E-state index in [9.17, 15) is 5.11 Å². The Bertz CT molecular complexity index is 317. The molecule has 0 fully saturated rings. The summed E-state index contributed by atoms with van der Waals surface area (Å²) in [5, 5.41) is 21.4. The lowest BCUT2D eigenvalue weighted by Crippen LogP contribution is -2.22. The number of hydrogen-bond acceptors (Lipinski definition) is 3. The summed E-state index contributed by atoms with van der Waals surface area (Å²) < 4.78 is 0.706. The van der Waals surface area contributed by atoms with Gasteiger partial charge in [0.05, 0.1) is 4.47 Å². The Morgan fingerprint density at radius 1 is 1.47 bits per heavy atom. The average Bonchev–Trinajstić information content (AvgIpc) is 2.23. The molecule has 1 aromatic rings. The monoisotopic (exact) mass is 273 g/mol. The maximum atomic E-state index is 9.30. The second kappa shape index (κ2) is 6.10. The van der Waals surface area contributed by atoms with Gasteiger partial charge in [-0.1, -0.05) is 13.0 Å². The molecule has 0 aliphatic heterocycles. The number of hydrogen-bond donors (Lipinski definition) is 3. The first-order valence-corrected chi connectivity index (χ1v) is 5.71. The summed E-state index contributed by atoms with van der Waals surface area (Å²) in [5.74, 6) is 0.521.